The predicted octanol–water partition coefficient (Wildman–Crippen LogP) is 0.812. The van der Waals surface area contributed by atoms with Crippen LogP contribution in [-0.4, -0.2) is 31.3 Å². The molecule has 0 bridgehead atoms. The monoisotopic (exact) mass is 247 g/mol. The molecule has 5 N–H and O–H groups in total. The topological polar surface area (TPSA) is 98.2 Å². The molecule has 0 atom stereocenters. The van der Waals surface area contributed by atoms with Gasteiger partial charge in [0.15, 0.2) is 0 Å². The molecule has 1 amide bonds. The number of nitrogens with one attached hydrogen (secondary N) is 1. The van der Waals surface area contributed by atoms with Crippen molar-refractivity contribution in [3.63, 3.8) is 0 Å². The zero-order valence-corrected chi connectivity index (χ0v) is 11.7. The Kier molecular flexibility index (Phi) is 25.7. The fourth-order valence-corrected chi connectivity index (χ4v) is 0.624. The number of hydrogen-bond acceptors (Lipinski definition) is 4. The standard InChI is InChI=1S/C7H16N2O.C3H7NO.C2H6/c1-2-3-6-9-7(10)4-5-8;1-3(5)2-4;1-2/h2-6,8H2,1H3,(H,9,10);2,4H2,1H3;1-2H3. The Bertz CT molecular complexity index is 173. The molecule has 0 aromatic carbocycles. The van der Waals surface area contributed by atoms with Crippen molar-refractivity contribution >= 4 is 11.7 Å². The Hall–Kier alpha value is -0.940. The van der Waals surface area contributed by atoms with Crippen LogP contribution in [0.15, 0.2) is 0 Å². The van der Waals surface area contributed by atoms with E-state index < -0.39 is 0 Å². The molecule has 0 saturated carbocycles. The van der Waals surface area contributed by atoms with Gasteiger partial charge in [-0.05, 0) is 13.3 Å². The van der Waals surface area contributed by atoms with Crippen molar-refractivity contribution in [1.29, 1.82) is 0 Å². The quantitative estimate of drug-likeness (QED) is 0.605. The average molecular weight is 247 g/mol. The highest BCUT2D eigenvalue weighted by Crippen LogP contribution is 1.83. The molecule has 0 heterocycles. The van der Waals surface area contributed by atoms with Crippen molar-refractivity contribution in [2.24, 2.45) is 11.5 Å². The van der Waals surface area contributed by atoms with Crippen LogP contribution in [-0.2, 0) is 9.59 Å². The van der Waals surface area contributed by atoms with Gasteiger partial charge in [0.1, 0.15) is 5.78 Å². The van der Waals surface area contributed by atoms with Crippen LogP contribution >= 0.6 is 0 Å². The van der Waals surface area contributed by atoms with E-state index in [1.807, 2.05) is 13.8 Å². The summed E-state index contributed by atoms with van der Waals surface area (Å²) in [5.41, 5.74) is 9.99. The molecular formula is C12H29N3O2. The first kappa shape index (κ1) is 21.4. The highest BCUT2D eigenvalue weighted by Gasteiger charge is 1.95. The molecule has 17 heavy (non-hydrogen) atoms. The summed E-state index contributed by atoms with van der Waals surface area (Å²) in [6.45, 7) is 8.95. The van der Waals surface area contributed by atoms with Crippen molar-refractivity contribution in [2.75, 3.05) is 19.6 Å². The maximum Gasteiger partial charge on any atom is 0.221 e. The van der Waals surface area contributed by atoms with E-state index in [0.717, 1.165) is 19.4 Å². The van der Waals surface area contributed by atoms with Gasteiger partial charge in [0.25, 0.3) is 0 Å². The van der Waals surface area contributed by atoms with Crippen LogP contribution in [0.3, 0.4) is 0 Å². The predicted molar refractivity (Wildman–Crippen MR) is 72.7 cm³/mol. The van der Waals surface area contributed by atoms with Gasteiger partial charge in [-0.15, -0.1) is 0 Å². The molecule has 104 valence electrons. The summed E-state index contributed by atoms with van der Waals surface area (Å²) >= 11 is 0. The van der Waals surface area contributed by atoms with Gasteiger partial charge in [-0.1, -0.05) is 27.2 Å². The summed E-state index contributed by atoms with van der Waals surface area (Å²) in [7, 11) is 0. The highest BCUT2D eigenvalue weighted by atomic mass is 16.1. The van der Waals surface area contributed by atoms with Crippen LogP contribution in [0.2, 0.25) is 0 Å². The summed E-state index contributed by atoms with van der Waals surface area (Å²) in [6, 6.07) is 0. The van der Waals surface area contributed by atoms with E-state index in [9.17, 15) is 9.59 Å². The lowest BCUT2D eigenvalue weighted by molar-refractivity contribution is -0.121. The molecule has 5 nitrogen and oxygen atoms in total. The molecule has 0 rings (SSSR count). The first-order valence-corrected chi connectivity index (χ1v) is 6.24. The van der Waals surface area contributed by atoms with Gasteiger partial charge in [0, 0.05) is 19.5 Å². The first-order valence-electron chi connectivity index (χ1n) is 6.24. The normalized spacial score (nSPS) is 8.12. The molecular weight excluding hydrogens is 218 g/mol. The number of hydrogen-bond donors (Lipinski definition) is 3. The zero-order chi connectivity index (χ0) is 14.1. The molecule has 0 fully saturated rings. The Morgan fingerprint density at radius 1 is 1.18 bits per heavy atom. The minimum atomic E-state index is 0.0324. The lowest BCUT2D eigenvalue weighted by atomic mass is 10.3. The smallest absolute Gasteiger partial charge is 0.221 e. The fourth-order valence-electron chi connectivity index (χ4n) is 0.624. The van der Waals surface area contributed by atoms with Gasteiger partial charge in [0.05, 0.1) is 6.54 Å². The van der Waals surface area contributed by atoms with Crippen LogP contribution in [0.5, 0.6) is 0 Å². The minimum absolute atomic E-state index is 0.0324. The van der Waals surface area contributed by atoms with Crippen LogP contribution < -0.4 is 16.8 Å². The third-order valence-electron chi connectivity index (χ3n) is 1.51. The molecule has 0 unspecified atom stereocenters. The van der Waals surface area contributed by atoms with E-state index in [0.29, 0.717) is 13.0 Å². The first-order chi connectivity index (χ1) is 8.08. The number of amides is 1. The number of unbranched alkanes of at least 4 members (excludes halogenated alkanes) is 1. The fraction of sp³-hybridized carbons (Fsp3) is 0.833. The van der Waals surface area contributed by atoms with Crippen LogP contribution in [0.4, 0.5) is 0 Å². The third-order valence-corrected chi connectivity index (χ3v) is 1.51. The molecule has 0 aromatic heterocycles. The minimum Gasteiger partial charge on any atom is -0.356 e. The lowest BCUT2D eigenvalue weighted by Gasteiger charge is -2.00. The Morgan fingerprint density at radius 2 is 1.65 bits per heavy atom. The van der Waals surface area contributed by atoms with Gasteiger partial charge in [-0.3, -0.25) is 9.59 Å². The van der Waals surface area contributed by atoms with Crippen LogP contribution in [0.1, 0.15) is 47.0 Å². The molecule has 0 saturated heterocycles. The maximum absolute atomic E-state index is 10.7. The summed E-state index contributed by atoms with van der Waals surface area (Å²) in [5.74, 6) is 0.0981. The van der Waals surface area contributed by atoms with Gasteiger partial charge >= 0.3 is 0 Å². The summed E-state index contributed by atoms with van der Waals surface area (Å²) in [5, 5.41) is 2.77. The van der Waals surface area contributed by atoms with Gasteiger partial charge in [0.2, 0.25) is 5.91 Å². The zero-order valence-electron chi connectivity index (χ0n) is 11.7. The summed E-state index contributed by atoms with van der Waals surface area (Å²) in [6.07, 6.45) is 2.61. The number of Topliss-reactive ketones (excluding diaryl/α,β-unsaturated/α-hetero) is 1. The molecule has 0 radical (unpaired) electrons. The SMILES string of the molecule is CC.CC(=O)CN.CCCCNC(=O)CCN. The number of rotatable bonds is 6. The molecule has 0 aromatic rings. The van der Waals surface area contributed by atoms with Crippen molar-refractivity contribution in [1.82, 2.24) is 5.32 Å². The lowest BCUT2D eigenvalue weighted by Crippen LogP contribution is -2.26. The maximum atomic E-state index is 10.7. The van der Waals surface area contributed by atoms with Crippen molar-refractivity contribution in [2.45, 2.75) is 47.0 Å². The van der Waals surface area contributed by atoms with Gasteiger partial charge < -0.3 is 16.8 Å². The Labute approximate surface area is 105 Å². The van der Waals surface area contributed by atoms with Gasteiger partial charge in [-0.25, -0.2) is 0 Å². The average Bonchev–Trinajstić information content (AvgIpc) is 2.33. The van der Waals surface area contributed by atoms with E-state index in [1.165, 1.54) is 6.92 Å². The highest BCUT2D eigenvalue weighted by molar-refractivity contribution is 5.77. The van der Waals surface area contributed by atoms with Crippen molar-refractivity contribution < 1.29 is 9.59 Å². The van der Waals surface area contributed by atoms with Gasteiger partial charge in [-0.2, -0.15) is 0 Å². The van der Waals surface area contributed by atoms with Crippen molar-refractivity contribution in [3.05, 3.63) is 0 Å². The van der Waals surface area contributed by atoms with E-state index in [-0.39, 0.29) is 18.2 Å². The number of carbonyl (C=O) groups excluding carboxylic acids is 2. The van der Waals surface area contributed by atoms with Crippen molar-refractivity contribution in [3.8, 4) is 0 Å². The summed E-state index contributed by atoms with van der Waals surface area (Å²) in [4.78, 5) is 20.4. The Morgan fingerprint density at radius 3 is 1.94 bits per heavy atom. The van der Waals surface area contributed by atoms with E-state index in [4.69, 9.17) is 11.5 Å². The summed E-state index contributed by atoms with van der Waals surface area (Å²) < 4.78 is 0. The second kappa shape index (κ2) is 20.5. The number of ketones is 1. The van der Waals surface area contributed by atoms with E-state index in [1.54, 1.807) is 0 Å². The number of nitrogens with two attached hydrogens (primary N) is 2. The largest absolute Gasteiger partial charge is 0.356 e. The number of carbonyl (C=O) groups is 2. The molecule has 0 aliphatic heterocycles. The second-order valence-electron chi connectivity index (χ2n) is 3.15. The molecule has 0 aliphatic carbocycles. The second-order valence-corrected chi connectivity index (χ2v) is 3.15. The van der Waals surface area contributed by atoms with E-state index >= 15 is 0 Å². The van der Waals surface area contributed by atoms with Crippen LogP contribution in [0.25, 0.3) is 0 Å². The Balaban J connectivity index is -0.000000236. The van der Waals surface area contributed by atoms with Crippen LogP contribution in [0, 0.1) is 0 Å². The molecule has 0 spiro atoms. The third kappa shape index (κ3) is 31.3. The van der Waals surface area contributed by atoms with E-state index in [2.05, 4.69) is 12.2 Å². The molecule has 5 heteroatoms. The molecule has 0 aliphatic rings.